The minimum atomic E-state index is -2.38. The first-order valence-corrected chi connectivity index (χ1v) is 11.8. The van der Waals surface area contributed by atoms with E-state index in [9.17, 15) is 0 Å². The van der Waals surface area contributed by atoms with Crippen LogP contribution in [0.1, 0.15) is 40.0 Å². The average Bonchev–Trinajstić information content (AvgIpc) is 2.55. The lowest BCUT2D eigenvalue weighted by atomic mass is 9.76. The Morgan fingerprint density at radius 1 is 0.885 bits per heavy atom. The fourth-order valence-electron chi connectivity index (χ4n) is 4.57. The maximum Gasteiger partial charge on any atom is 0.261 e. The third kappa shape index (κ3) is 3.06. The zero-order valence-electron chi connectivity index (χ0n) is 16.2. The Kier molecular flexibility index (Phi) is 4.80. The smallest absolute Gasteiger partial charge is 0.261 e. The molecule has 1 saturated heterocycles. The molecule has 138 valence electrons. The molecular formula is C23H30O2Si. The molecule has 0 amide bonds. The van der Waals surface area contributed by atoms with Gasteiger partial charge in [-0.1, -0.05) is 81.4 Å². The van der Waals surface area contributed by atoms with Crippen LogP contribution in [0.3, 0.4) is 0 Å². The van der Waals surface area contributed by atoms with Gasteiger partial charge in [-0.25, -0.2) is 0 Å². The van der Waals surface area contributed by atoms with Crippen molar-refractivity contribution in [1.29, 1.82) is 0 Å². The molecule has 2 aromatic rings. The van der Waals surface area contributed by atoms with Crippen LogP contribution in [0.4, 0.5) is 0 Å². The first-order valence-electron chi connectivity index (χ1n) is 9.91. The van der Waals surface area contributed by atoms with Crippen molar-refractivity contribution >= 4 is 18.7 Å². The molecular weight excluding hydrogens is 336 g/mol. The van der Waals surface area contributed by atoms with E-state index in [1.807, 2.05) is 0 Å². The van der Waals surface area contributed by atoms with Crippen LogP contribution in [-0.4, -0.2) is 27.1 Å². The Morgan fingerprint density at radius 2 is 1.38 bits per heavy atom. The van der Waals surface area contributed by atoms with Gasteiger partial charge in [0, 0.05) is 12.7 Å². The molecule has 2 aromatic carbocycles. The lowest BCUT2D eigenvalue weighted by Crippen LogP contribution is -2.68. The van der Waals surface area contributed by atoms with Gasteiger partial charge in [0.15, 0.2) is 0 Å². The summed E-state index contributed by atoms with van der Waals surface area (Å²) in [4.78, 5) is 0. The van der Waals surface area contributed by atoms with Crippen molar-refractivity contribution in [3.63, 3.8) is 0 Å². The van der Waals surface area contributed by atoms with E-state index in [0.717, 1.165) is 19.4 Å². The van der Waals surface area contributed by atoms with Crippen LogP contribution in [0.5, 0.6) is 0 Å². The van der Waals surface area contributed by atoms with Crippen molar-refractivity contribution < 1.29 is 9.16 Å². The van der Waals surface area contributed by atoms with Gasteiger partial charge in [-0.05, 0) is 40.6 Å². The maximum atomic E-state index is 7.14. The Labute approximate surface area is 158 Å². The Balaban J connectivity index is 1.69. The fourth-order valence-corrected chi connectivity index (χ4v) is 9.28. The first kappa shape index (κ1) is 18.0. The number of ether oxygens (including phenoxy) is 1. The van der Waals surface area contributed by atoms with Crippen molar-refractivity contribution in [2.75, 3.05) is 6.61 Å². The molecule has 1 atom stereocenters. The standard InChI is InChI=1S/C23H30O2Si/c1-23(2,3)26(20-10-6-4-7-11-20,21-12-8-5-9-13-21)25-19-16-18(17-19)22-14-15-24-22/h4-13,18-19,22H,14-17H2,1-3H3/t18-,19+,22?. The van der Waals surface area contributed by atoms with Crippen molar-refractivity contribution in [2.24, 2.45) is 5.92 Å². The number of benzene rings is 2. The molecule has 0 aromatic heterocycles. The van der Waals surface area contributed by atoms with Crippen LogP contribution >= 0.6 is 0 Å². The van der Waals surface area contributed by atoms with Crippen molar-refractivity contribution in [1.82, 2.24) is 0 Å². The van der Waals surface area contributed by atoms with Gasteiger partial charge in [-0.15, -0.1) is 0 Å². The normalized spacial score (nSPS) is 26.0. The van der Waals surface area contributed by atoms with E-state index in [0.29, 0.717) is 18.1 Å². The Morgan fingerprint density at radius 3 is 1.77 bits per heavy atom. The molecule has 2 nitrogen and oxygen atoms in total. The topological polar surface area (TPSA) is 18.5 Å². The molecule has 2 aliphatic rings. The van der Waals surface area contributed by atoms with Crippen LogP contribution in [-0.2, 0) is 9.16 Å². The van der Waals surface area contributed by atoms with E-state index in [2.05, 4.69) is 81.4 Å². The Bertz CT molecular complexity index is 673. The molecule has 1 saturated carbocycles. The summed E-state index contributed by atoms with van der Waals surface area (Å²) in [5.74, 6) is 0.701. The molecule has 0 bridgehead atoms. The first-order chi connectivity index (χ1) is 12.5. The second kappa shape index (κ2) is 6.95. The molecule has 0 N–H and O–H groups in total. The molecule has 3 heteroatoms. The SMILES string of the molecule is CC(C)(C)[Si](O[C@H]1C[C@@H](C2CCO2)C1)(c1ccccc1)c1ccccc1. The van der Waals surface area contributed by atoms with Gasteiger partial charge in [0.1, 0.15) is 0 Å². The van der Waals surface area contributed by atoms with Gasteiger partial charge in [0.05, 0.1) is 6.10 Å². The largest absolute Gasteiger partial charge is 0.404 e. The molecule has 2 fully saturated rings. The van der Waals surface area contributed by atoms with E-state index in [-0.39, 0.29) is 5.04 Å². The van der Waals surface area contributed by atoms with Crippen molar-refractivity contribution in [3.8, 4) is 0 Å². The second-order valence-electron chi connectivity index (χ2n) is 8.83. The number of hydrogen-bond acceptors (Lipinski definition) is 2. The molecule has 1 aliphatic heterocycles. The quantitative estimate of drug-likeness (QED) is 0.741. The van der Waals surface area contributed by atoms with Gasteiger partial charge in [-0.3, -0.25) is 0 Å². The zero-order valence-corrected chi connectivity index (χ0v) is 17.2. The lowest BCUT2D eigenvalue weighted by Gasteiger charge is -2.50. The summed E-state index contributed by atoms with van der Waals surface area (Å²) in [5, 5.41) is 2.82. The molecule has 1 unspecified atom stereocenters. The number of hydrogen-bond donors (Lipinski definition) is 0. The number of rotatable bonds is 5. The highest BCUT2D eigenvalue weighted by Gasteiger charge is 2.53. The summed E-state index contributed by atoms with van der Waals surface area (Å²) in [6.07, 6.45) is 4.38. The minimum Gasteiger partial charge on any atom is -0.404 e. The molecule has 0 spiro atoms. The van der Waals surface area contributed by atoms with Crippen LogP contribution in [0.2, 0.25) is 5.04 Å². The zero-order chi connectivity index (χ0) is 18.2. The summed E-state index contributed by atoms with van der Waals surface area (Å²) < 4.78 is 12.8. The molecule has 26 heavy (non-hydrogen) atoms. The van der Waals surface area contributed by atoms with E-state index < -0.39 is 8.32 Å². The van der Waals surface area contributed by atoms with Crippen LogP contribution in [0.15, 0.2) is 60.7 Å². The van der Waals surface area contributed by atoms with Crippen LogP contribution in [0.25, 0.3) is 0 Å². The van der Waals surface area contributed by atoms with Gasteiger partial charge in [-0.2, -0.15) is 0 Å². The second-order valence-corrected chi connectivity index (χ2v) is 13.1. The van der Waals surface area contributed by atoms with E-state index in [4.69, 9.17) is 9.16 Å². The fraction of sp³-hybridized carbons (Fsp3) is 0.478. The summed E-state index contributed by atoms with van der Waals surface area (Å²) in [6.45, 7) is 8.00. The van der Waals surface area contributed by atoms with E-state index in [1.165, 1.54) is 16.8 Å². The highest BCUT2D eigenvalue weighted by molar-refractivity contribution is 6.99. The monoisotopic (exact) mass is 366 g/mol. The van der Waals surface area contributed by atoms with E-state index >= 15 is 0 Å². The summed E-state index contributed by atoms with van der Waals surface area (Å²) in [5.41, 5.74) is 0. The third-order valence-corrected chi connectivity index (χ3v) is 11.2. The summed E-state index contributed by atoms with van der Waals surface area (Å²) in [7, 11) is -2.38. The Hall–Kier alpha value is -1.42. The van der Waals surface area contributed by atoms with Gasteiger partial charge in [0.2, 0.25) is 0 Å². The third-order valence-electron chi connectivity index (χ3n) is 6.15. The molecule has 0 radical (unpaired) electrons. The predicted octanol–water partition coefficient (Wildman–Crippen LogP) is 4.13. The van der Waals surface area contributed by atoms with Gasteiger partial charge in [0.25, 0.3) is 8.32 Å². The van der Waals surface area contributed by atoms with Crippen LogP contribution < -0.4 is 10.4 Å². The lowest BCUT2D eigenvalue weighted by molar-refractivity contribution is -0.126. The molecule has 1 heterocycles. The average molecular weight is 367 g/mol. The highest BCUT2D eigenvalue weighted by atomic mass is 28.4. The molecule has 4 rings (SSSR count). The van der Waals surface area contributed by atoms with Gasteiger partial charge < -0.3 is 9.16 Å². The van der Waals surface area contributed by atoms with Crippen molar-refractivity contribution in [2.45, 2.75) is 57.3 Å². The van der Waals surface area contributed by atoms with Crippen molar-refractivity contribution in [3.05, 3.63) is 60.7 Å². The molecule has 1 aliphatic carbocycles. The van der Waals surface area contributed by atoms with E-state index in [1.54, 1.807) is 0 Å². The minimum absolute atomic E-state index is 0.0633. The van der Waals surface area contributed by atoms with Gasteiger partial charge >= 0.3 is 0 Å². The van der Waals surface area contributed by atoms with Crippen LogP contribution in [0, 0.1) is 5.92 Å². The predicted molar refractivity (Wildman–Crippen MR) is 110 cm³/mol. The maximum absolute atomic E-state index is 7.14. The summed E-state index contributed by atoms with van der Waals surface area (Å²) in [6, 6.07) is 21.9. The highest BCUT2D eigenvalue weighted by Crippen LogP contribution is 2.44. The summed E-state index contributed by atoms with van der Waals surface area (Å²) >= 11 is 0.